The number of anilines is 1. The monoisotopic (exact) mass is 405 g/mol. The third-order valence-corrected chi connectivity index (χ3v) is 3.79. The lowest BCUT2D eigenvalue weighted by Crippen LogP contribution is -2.24. The van der Waals surface area contributed by atoms with Crippen LogP contribution in [0.25, 0.3) is 0 Å². The predicted octanol–water partition coefficient (Wildman–Crippen LogP) is 2.84. The van der Waals surface area contributed by atoms with Gasteiger partial charge in [0.1, 0.15) is 6.42 Å². The number of carbonyl (C=O) groups excluding carboxylic acids is 2. The van der Waals surface area contributed by atoms with Gasteiger partial charge in [-0.05, 0) is 36.4 Å². The first kappa shape index (κ1) is 21.0. The first-order valence-electron chi connectivity index (χ1n) is 8.14. The van der Waals surface area contributed by atoms with E-state index in [4.69, 9.17) is 25.8 Å². The number of methoxy groups -OCH3 is 3. The molecule has 148 valence electrons. The maximum atomic E-state index is 11.9. The zero-order valence-corrected chi connectivity index (χ0v) is 16.4. The van der Waals surface area contributed by atoms with Gasteiger partial charge in [0, 0.05) is 16.3 Å². The van der Waals surface area contributed by atoms with Crippen LogP contribution >= 0.6 is 11.6 Å². The van der Waals surface area contributed by atoms with E-state index in [2.05, 4.69) is 15.8 Å². The van der Waals surface area contributed by atoms with Crippen LogP contribution in [0, 0.1) is 0 Å². The van der Waals surface area contributed by atoms with Crippen LogP contribution in [0.5, 0.6) is 17.2 Å². The fraction of sp³-hybridized carbons (Fsp3) is 0.211. The van der Waals surface area contributed by atoms with Crippen molar-refractivity contribution in [2.24, 2.45) is 5.10 Å². The number of hydrogen-bond acceptors (Lipinski definition) is 6. The minimum absolute atomic E-state index is 0.380. The predicted molar refractivity (Wildman–Crippen MR) is 107 cm³/mol. The van der Waals surface area contributed by atoms with Gasteiger partial charge in [-0.1, -0.05) is 11.6 Å². The van der Waals surface area contributed by atoms with Crippen molar-refractivity contribution in [1.29, 1.82) is 0 Å². The van der Waals surface area contributed by atoms with E-state index in [0.717, 1.165) is 0 Å². The highest BCUT2D eigenvalue weighted by Crippen LogP contribution is 2.37. The fourth-order valence-electron chi connectivity index (χ4n) is 2.28. The molecule has 0 heterocycles. The molecule has 2 aromatic rings. The van der Waals surface area contributed by atoms with Gasteiger partial charge in [-0.25, -0.2) is 5.43 Å². The van der Waals surface area contributed by atoms with Crippen LogP contribution in [0.3, 0.4) is 0 Å². The van der Waals surface area contributed by atoms with Crippen molar-refractivity contribution < 1.29 is 23.8 Å². The number of hydrogen-bond donors (Lipinski definition) is 2. The number of nitrogens with zero attached hydrogens (tertiary/aromatic N) is 1. The molecule has 0 aliphatic heterocycles. The maximum Gasteiger partial charge on any atom is 0.249 e. The first-order chi connectivity index (χ1) is 13.5. The fourth-order valence-corrected chi connectivity index (χ4v) is 2.40. The highest BCUT2D eigenvalue weighted by Gasteiger charge is 2.13. The van der Waals surface area contributed by atoms with Gasteiger partial charge in [0.05, 0.1) is 27.5 Å². The molecule has 9 heteroatoms. The lowest BCUT2D eigenvalue weighted by molar-refractivity contribution is -0.126. The molecule has 0 saturated carbocycles. The summed E-state index contributed by atoms with van der Waals surface area (Å²) < 4.78 is 15.7. The zero-order chi connectivity index (χ0) is 20.5. The Kier molecular flexibility index (Phi) is 7.65. The van der Waals surface area contributed by atoms with Gasteiger partial charge >= 0.3 is 0 Å². The summed E-state index contributed by atoms with van der Waals surface area (Å²) >= 11 is 5.78. The molecule has 0 atom stereocenters. The molecular weight excluding hydrogens is 386 g/mol. The molecule has 0 aliphatic rings. The van der Waals surface area contributed by atoms with Crippen LogP contribution < -0.4 is 25.0 Å². The summed E-state index contributed by atoms with van der Waals surface area (Å²) in [4.78, 5) is 23.7. The van der Waals surface area contributed by atoms with Crippen molar-refractivity contribution in [3.8, 4) is 17.2 Å². The second-order valence-electron chi connectivity index (χ2n) is 5.48. The number of rotatable bonds is 8. The Hall–Kier alpha value is -3.26. The van der Waals surface area contributed by atoms with Gasteiger partial charge in [0.25, 0.3) is 0 Å². The molecule has 2 aromatic carbocycles. The Morgan fingerprint density at radius 1 is 1.00 bits per heavy atom. The zero-order valence-electron chi connectivity index (χ0n) is 15.6. The third-order valence-electron chi connectivity index (χ3n) is 3.54. The highest BCUT2D eigenvalue weighted by molar-refractivity contribution is 6.30. The van der Waals surface area contributed by atoms with E-state index in [0.29, 0.717) is 33.5 Å². The van der Waals surface area contributed by atoms with Crippen LogP contribution in [0.15, 0.2) is 41.5 Å². The van der Waals surface area contributed by atoms with E-state index < -0.39 is 11.8 Å². The van der Waals surface area contributed by atoms with Gasteiger partial charge in [-0.15, -0.1) is 0 Å². The number of nitrogens with one attached hydrogen (secondary N) is 2. The number of hydrazone groups is 1. The summed E-state index contributed by atoms with van der Waals surface area (Å²) in [5, 5.41) is 6.99. The van der Waals surface area contributed by atoms with E-state index >= 15 is 0 Å². The molecule has 28 heavy (non-hydrogen) atoms. The van der Waals surface area contributed by atoms with Gasteiger partial charge in [0.2, 0.25) is 17.6 Å². The Labute approximate surface area is 167 Å². The summed E-state index contributed by atoms with van der Waals surface area (Å²) in [7, 11) is 4.50. The molecule has 0 bridgehead atoms. The smallest absolute Gasteiger partial charge is 0.249 e. The molecule has 0 aliphatic carbocycles. The standard InChI is InChI=1S/C19H20ClN3O5/c1-26-15-8-12(9-16(27-2)19(15)28-3)11-21-23-18(25)10-17(24)22-14-6-4-13(20)5-7-14/h4-9,11H,10H2,1-3H3,(H,22,24)(H,23,25). The maximum absolute atomic E-state index is 11.9. The van der Waals surface area contributed by atoms with Crippen molar-refractivity contribution in [3.05, 3.63) is 47.0 Å². The molecule has 2 N–H and O–H groups in total. The number of carbonyl (C=O) groups is 2. The van der Waals surface area contributed by atoms with Gasteiger partial charge in [-0.3, -0.25) is 9.59 Å². The lowest BCUT2D eigenvalue weighted by Gasteiger charge is -2.12. The Balaban J connectivity index is 1.93. The van der Waals surface area contributed by atoms with Crippen LogP contribution in [-0.2, 0) is 9.59 Å². The first-order valence-corrected chi connectivity index (χ1v) is 8.52. The number of benzene rings is 2. The number of halogens is 1. The SMILES string of the molecule is COc1cc(C=NNC(=O)CC(=O)Nc2ccc(Cl)cc2)cc(OC)c1OC. The van der Waals surface area contributed by atoms with Gasteiger partial charge in [0.15, 0.2) is 11.5 Å². The number of amides is 2. The molecule has 2 rings (SSSR count). The van der Waals surface area contributed by atoms with Crippen molar-refractivity contribution in [2.75, 3.05) is 26.6 Å². The summed E-state index contributed by atoms with van der Waals surface area (Å²) in [5.74, 6) is 0.331. The van der Waals surface area contributed by atoms with Crippen LogP contribution in [0.1, 0.15) is 12.0 Å². The largest absolute Gasteiger partial charge is 0.493 e. The quantitative estimate of drug-likeness (QED) is 0.400. The average molecular weight is 406 g/mol. The van der Waals surface area contributed by atoms with E-state index in [1.54, 1.807) is 36.4 Å². The topological polar surface area (TPSA) is 98.2 Å². The van der Waals surface area contributed by atoms with E-state index in [1.165, 1.54) is 27.5 Å². The van der Waals surface area contributed by atoms with Crippen molar-refractivity contribution >= 4 is 35.3 Å². The summed E-state index contributed by atoms with van der Waals surface area (Å²) in [6.07, 6.45) is 1.02. The Morgan fingerprint density at radius 2 is 1.61 bits per heavy atom. The molecule has 0 radical (unpaired) electrons. The number of ether oxygens (including phenoxy) is 3. The van der Waals surface area contributed by atoms with E-state index in [1.807, 2.05) is 0 Å². The Bertz CT molecular complexity index is 843. The second-order valence-corrected chi connectivity index (χ2v) is 5.92. The van der Waals surface area contributed by atoms with Gasteiger partial charge in [-0.2, -0.15) is 5.10 Å². The summed E-state index contributed by atoms with van der Waals surface area (Å²) in [6, 6.07) is 9.90. The minimum Gasteiger partial charge on any atom is -0.493 e. The van der Waals surface area contributed by atoms with E-state index in [-0.39, 0.29) is 6.42 Å². The lowest BCUT2D eigenvalue weighted by atomic mass is 10.2. The van der Waals surface area contributed by atoms with Crippen LogP contribution in [-0.4, -0.2) is 39.4 Å². The van der Waals surface area contributed by atoms with Crippen molar-refractivity contribution in [2.45, 2.75) is 6.42 Å². The van der Waals surface area contributed by atoms with E-state index in [9.17, 15) is 9.59 Å². The van der Waals surface area contributed by atoms with Crippen LogP contribution in [0.4, 0.5) is 5.69 Å². The minimum atomic E-state index is -0.560. The summed E-state index contributed by atoms with van der Waals surface area (Å²) in [5.41, 5.74) is 3.45. The third kappa shape index (κ3) is 5.88. The average Bonchev–Trinajstić information content (AvgIpc) is 2.68. The second kappa shape index (κ2) is 10.2. The van der Waals surface area contributed by atoms with Gasteiger partial charge < -0.3 is 19.5 Å². The molecular formula is C19H20ClN3O5. The van der Waals surface area contributed by atoms with Crippen molar-refractivity contribution in [1.82, 2.24) is 5.43 Å². The van der Waals surface area contributed by atoms with Crippen LogP contribution in [0.2, 0.25) is 5.02 Å². The molecule has 0 unspecified atom stereocenters. The summed E-state index contributed by atoms with van der Waals surface area (Å²) in [6.45, 7) is 0. The molecule has 0 aromatic heterocycles. The molecule has 8 nitrogen and oxygen atoms in total. The highest BCUT2D eigenvalue weighted by atomic mass is 35.5. The van der Waals surface area contributed by atoms with Crippen molar-refractivity contribution in [3.63, 3.8) is 0 Å². The Morgan fingerprint density at radius 3 is 2.14 bits per heavy atom. The molecule has 0 saturated heterocycles. The molecule has 0 spiro atoms. The molecule has 0 fully saturated rings. The normalized spacial score (nSPS) is 10.4. The molecule has 2 amide bonds.